The van der Waals surface area contributed by atoms with E-state index >= 15 is 0 Å². The van der Waals surface area contributed by atoms with Crippen LogP contribution in [0.25, 0.3) is 5.82 Å². The third-order valence-corrected chi connectivity index (χ3v) is 4.02. The van der Waals surface area contributed by atoms with E-state index in [9.17, 15) is 9.59 Å². The molecule has 3 rings (SSSR count). The molecule has 0 spiro atoms. The van der Waals surface area contributed by atoms with Crippen molar-refractivity contribution in [2.75, 3.05) is 0 Å². The maximum absolute atomic E-state index is 12.8. The summed E-state index contributed by atoms with van der Waals surface area (Å²) in [7, 11) is 0. The molecule has 0 aliphatic carbocycles. The fraction of sp³-hybridized carbons (Fsp3) is 0.238. The van der Waals surface area contributed by atoms with E-state index in [1.54, 1.807) is 55.5 Å². The van der Waals surface area contributed by atoms with Crippen LogP contribution in [0.2, 0.25) is 0 Å². The number of aromatic nitrogens is 3. The van der Waals surface area contributed by atoms with Gasteiger partial charge < -0.3 is 10.1 Å². The van der Waals surface area contributed by atoms with E-state index in [0.717, 1.165) is 5.56 Å². The Kier molecular flexibility index (Phi) is 6.16. The minimum Gasteiger partial charge on any atom is -0.463 e. The molecule has 7 heteroatoms. The summed E-state index contributed by atoms with van der Waals surface area (Å²) in [6.07, 6.45) is 6.40. The van der Waals surface area contributed by atoms with E-state index in [0.29, 0.717) is 11.4 Å². The lowest BCUT2D eigenvalue weighted by Crippen LogP contribution is -2.31. The van der Waals surface area contributed by atoms with Crippen LogP contribution in [0.5, 0.6) is 0 Å². The quantitative estimate of drug-likeness (QED) is 0.639. The normalized spacial score (nSPS) is 11.8. The first-order valence-electron chi connectivity index (χ1n) is 9.02. The zero-order valence-corrected chi connectivity index (χ0v) is 15.8. The third-order valence-electron chi connectivity index (χ3n) is 4.02. The summed E-state index contributed by atoms with van der Waals surface area (Å²) in [5, 5.41) is 2.93. The van der Waals surface area contributed by atoms with Gasteiger partial charge in [-0.3, -0.25) is 14.2 Å². The highest BCUT2D eigenvalue weighted by atomic mass is 16.5. The predicted molar refractivity (Wildman–Crippen MR) is 104 cm³/mol. The van der Waals surface area contributed by atoms with Gasteiger partial charge >= 0.3 is 5.97 Å². The molecule has 0 aliphatic rings. The Morgan fingerprint density at radius 1 is 1.14 bits per heavy atom. The Hall–Kier alpha value is -3.48. The first-order valence-corrected chi connectivity index (χ1v) is 9.02. The smallest absolute Gasteiger partial charge is 0.308 e. The summed E-state index contributed by atoms with van der Waals surface area (Å²) in [5.74, 6) is -0.0754. The van der Waals surface area contributed by atoms with Crippen molar-refractivity contribution >= 4 is 11.9 Å². The molecular formula is C21H22N4O3. The lowest BCUT2D eigenvalue weighted by molar-refractivity contribution is -0.147. The van der Waals surface area contributed by atoms with Crippen molar-refractivity contribution < 1.29 is 14.3 Å². The summed E-state index contributed by atoms with van der Waals surface area (Å²) >= 11 is 0. The molecule has 0 saturated heterocycles. The molecule has 0 aliphatic heterocycles. The maximum Gasteiger partial charge on any atom is 0.308 e. The van der Waals surface area contributed by atoms with Crippen molar-refractivity contribution in [1.29, 1.82) is 0 Å². The standard InChI is InChI=1S/C21H22N4O3/c1-15(2)28-20(26)13-18(16-6-4-3-5-7-16)24-21(27)17-8-9-23-19(12-17)25-11-10-22-14-25/h3-12,14-15,18H,13H2,1-2H3,(H,24,27). The van der Waals surface area contributed by atoms with Crippen molar-refractivity contribution in [2.45, 2.75) is 32.4 Å². The summed E-state index contributed by atoms with van der Waals surface area (Å²) in [6.45, 7) is 3.59. The van der Waals surface area contributed by atoms with Crippen LogP contribution in [0, 0.1) is 0 Å². The number of benzene rings is 1. The van der Waals surface area contributed by atoms with Gasteiger partial charge in [0.25, 0.3) is 5.91 Å². The highest BCUT2D eigenvalue weighted by Crippen LogP contribution is 2.19. The third kappa shape index (κ3) is 5.03. The summed E-state index contributed by atoms with van der Waals surface area (Å²) in [6, 6.07) is 12.2. The fourth-order valence-corrected chi connectivity index (χ4v) is 2.75. The number of imidazole rings is 1. The number of carbonyl (C=O) groups is 2. The number of rotatable bonds is 7. The van der Waals surface area contributed by atoms with E-state index in [1.807, 2.05) is 30.3 Å². The number of nitrogens with zero attached hydrogens (tertiary/aromatic N) is 3. The average molecular weight is 378 g/mol. The van der Waals surface area contributed by atoms with Gasteiger partial charge in [0.05, 0.1) is 18.6 Å². The van der Waals surface area contributed by atoms with Crippen molar-refractivity contribution in [3.63, 3.8) is 0 Å². The molecule has 28 heavy (non-hydrogen) atoms. The molecule has 7 nitrogen and oxygen atoms in total. The first-order chi connectivity index (χ1) is 13.5. The number of hydrogen-bond donors (Lipinski definition) is 1. The number of carbonyl (C=O) groups excluding carboxylic acids is 2. The van der Waals surface area contributed by atoms with Crippen LogP contribution in [0.4, 0.5) is 0 Å². The lowest BCUT2D eigenvalue weighted by atomic mass is 10.0. The number of esters is 1. The van der Waals surface area contributed by atoms with Crippen molar-refractivity contribution in [1.82, 2.24) is 19.9 Å². The van der Waals surface area contributed by atoms with Crippen LogP contribution < -0.4 is 5.32 Å². The second-order valence-electron chi connectivity index (χ2n) is 6.55. The molecule has 0 saturated carbocycles. The molecule has 1 unspecified atom stereocenters. The van der Waals surface area contributed by atoms with Gasteiger partial charge in [-0.2, -0.15) is 0 Å². The summed E-state index contributed by atoms with van der Waals surface area (Å²) < 4.78 is 6.96. The first kappa shape index (κ1) is 19.3. The monoisotopic (exact) mass is 378 g/mol. The molecule has 1 N–H and O–H groups in total. The molecular weight excluding hydrogens is 356 g/mol. The van der Waals surface area contributed by atoms with Crippen LogP contribution in [0.15, 0.2) is 67.4 Å². The van der Waals surface area contributed by atoms with E-state index in [-0.39, 0.29) is 24.4 Å². The maximum atomic E-state index is 12.8. The van der Waals surface area contributed by atoms with Crippen LogP contribution in [-0.2, 0) is 9.53 Å². The van der Waals surface area contributed by atoms with Crippen molar-refractivity contribution in [3.8, 4) is 5.82 Å². The molecule has 3 aromatic rings. The van der Waals surface area contributed by atoms with Crippen LogP contribution in [-0.4, -0.2) is 32.5 Å². The molecule has 1 aromatic carbocycles. The number of nitrogens with one attached hydrogen (secondary N) is 1. The molecule has 0 radical (unpaired) electrons. The molecule has 0 bridgehead atoms. The summed E-state index contributed by atoms with van der Waals surface area (Å²) in [4.78, 5) is 33.2. The Bertz CT molecular complexity index is 924. The minimum absolute atomic E-state index is 0.0490. The minimum atomic E-state index is -0.496. The number of pyridine rings is 1. The van der Waals surface area contributed by atoms with E-state index in [2.05, 4.69) is 15.3 Å². The molecule has 2 heterocycles. The Labute approximate surface area is 163 Å². The number of hydrogen-bond acceptors (Lipinski definition) is 5. The highest BCUT2D eigenvalue weighted by molar-refractivity contribution is 5.95. The molecule has 1 atom stereocenters. The van der Waals surface area contributed by atoms with E-state index < -0.39 is 6.04 Å². The van der Waals surface area contributed by atoms with Gasteiger partial charge in [-0.25, -0.2) is 9.97 Å². The Balaban J connectivity index is 1.79. The molecule has 0 fully saturated rings. The zero-order valence-electron chi connectivity index (χ0n) is 15.8. The van der Waals surface area contributed by atoms with Gasteiger partial charge in [0.1, 0.15) is 12.1 Å². The Morgan fingerprint density at radius 3 is 2.61 bits per heavy atom. The predicted octanol–water partition coefficient (Wildman–Crippen LogP) is 3.08. The topological polar surface area (TPSA) is 86.1 Å². The van der Waals surface area contributed by atoms with Crippen molar-refractivity contribution in [2.24, 2.45) is 0 Å². The van der Waals surface area contributed by atoms with Gasteiger partial charge in [-0.05, 0) is 31.5 Å². The van der Waals surface area contributed by atoms with Crippen molar-refractivity contribution in [3.05, 3.63) is 78.5 Å². The zero-order chi connectivity index (χ0) is 19.9. The van der Waals surface area contributed by atoms with Gasteiger partial charge in [0.2, 0.25) is 0 Å². The molecule has 2 aromatic heterocycles. The van der Waals surface area contributed by atoms with Crippen LogP contribution in [0.1, 0.15) is 42.2 Å². The Morgan fingerprint density at radius 2 is 1.93 bits per heavy atom. The molecule has 144 valence electrons. The highest BCUT2D eigenvalue weighted by Gasteiger charge is 2.21. The average Bonchev–Trinajstić information content (AvgIpc) is 3.22. The molecule has 1 amide bonds. The fourth-order valence-electron chi connectivity index (χ4n) is 2.75. The van der Waals surface area contributed by atoms with Gasteiger partial charge in [-0.15, -0.1) is 0 Å². The van der Waals surface area contributed by atoms with E-state index in [1.165, 1.54) is 0 Å². The largest absolute Gasteiger partial charge is 0.463 e. The van der Waals surface area contributed by atoms with Crippen LogP contribution >= 0.6 is 0 Å². The lowest BCUT2D eigenvalue weighted by Gasteiger charge is -2.19. The van der Waals surface area contributed by atoms with Gasteiger partial charge in [0, 0.05) is 24.2 Å². The van der Waals surface area contributed by atoms with Crippen LogP contribution in [0.3, 0.4) is 0 Å². The second-order valence-corrected chi connectivity index (χ2v) is 6.55. The van der Waals surface area contributed by atoms with Gasteiger partial charge in [-0.1, -0.05) is 30.3 Å². The van der Waals surface area contributed by atoms with Gasteiger partial charge in [0.15, 0.2) is 0 Å². The SMILES string of the molecule is CC(C)OC(=O)CC(NC(=O)c1ccnc(-n2ccnc2)c1)c1ccccc1. The number of amides is 1. The second kappa shape index (κ2) is 8.94. The van der Waals surface area contributed by atoms with E-state index in [4.69, 9.17) is 4.74 Å². The summed E-state index contributed by atoms with van der Waals surface area (Å²) in [5.41, 5.74) is 1.28. The number of ether oxygens (including phenoxy) is 1.